The normalized spacial score (nSPS) is 10.0. The Kier molecular flexibility index (Phi) is 5.36. The van der Waals surface area contributed by atoms with Gasteiger partial charge in [-0.1, -0.05) is 30.3 Å². The van der Waals surface area contributed by atoms with Crippen LogP contribution in [0.4, 0.5) is 11.4 Å². The number of rotatable bonds is 5. The van der Waals surface area contributed by atoms with Crippen LogP contribution in [0.5, 0.6) is 5.75 Å². The van der Waals surface area contributed by atoms with Gasteiger partial charge in [0.25, 0.3) is 0 Å². The van der Waals surface area contributed by atoms with Crippen LogP contribution in [-0.4, -0.2) is 25.5 Å². The molecule has 0 saturated heterocycles. The molecule has 5 heteroatoms. The molecule has 2 aromatic rings. The smallest absolute Gasteiger partial charge is 0.244 e. The first-order valence-corrected chi connectivity index (χ1v) is 7.29. The van der Waals surface area contributed by atoms with Gasteiger partial charge in [0.1, 0.15) is 12.3 Å². The zero-order chi connectivity index (χ0) is 16.8. The maximum absolute atomic E-state index is 12.3. The van der Waals surface area contributed by atoms with E-state index in [0.717, 1.165) is 11.3 Å². The van der Waals surface area contributed by atoms with Gasteiger partial charge in [-0.3, -0.25) is 14.5 Å². The number of aryl methyl sites for hydroxylation is 1. The number of nitrogens with zero attached hydrogens (tertiary/aromatic N) is 1. The molecule has 0 aliphatic carbocycles. The first kappa shape index (κ1) is 16.5. The Balaban J connectivity index is 2.18. The first-order valence-electron chi connectivity index (χ1n) is 7.29. The van der Waals surface area contributed by atoms with Crippen molar-refractivity contribution in [2.75, 3.05) is 23.9 Å². The van der Waals surface area contributed by atoms with Crippen molar-refractivity contribution in [2.45, 2.75) is 13.8 Å². The lowest BCUT2D eigenvalue weighted by molar-refractivity contribution is -0.120. The number of para-hydroxylation sites is 3. The SMILES string of the molecule is COc1ccccc1N(CC(=O)Nc1ccccc1C)C(C)=O. The van der Waals surface area contributed by atoms with Gasteiger partial charge in [0.05, 0.1) is 12.8 Å². The minimum absolute atomic E-state index is 0.0793. The number of amides is 2. The van der Waals surface area contributed by atoms with Crippen molar-refractivity contribution in [1.82, 2.24) is 0 Å². The third kappa shape index (κ3) is 4.10. The summed E-state index contributed by atoms with van der Waals surface area (Å²) < 4.78 is 5.27. The highest BCUT2D eigenvalue weighted by molar-refractivity contribution is 6.02. The highest BCUT2D eigenvalue weighted by Crippen LogP contribution is 2.27. The predicted molar refractivity (Wildman–Crippen MR) is 90.8 cm³/mol. The van der Waals surface area contributed by atoms with Gasteiger partial charge >= 0.3 is 0 Å². The van der Waals surface area contributed by atoms with Crippen molar-refractivity contribution in [3.8, 4) is 5.75 Å². The molecule has 0 unspecified atom stereocenters. The molecule has 0 aliphatic rings. The van der Waals surface area contributed by atoms with Crippen LogP contribution in [-0.2, 0) is 9.59 Å². The second-order valence-corrected chi connectivity index (χ2v) is 5.14. The average Bonchev–Trinajstić information content (AvgIpc) is 2.54. The van der Waals surface area contributed by atoms with E-state index < -0.39 is 0 Å². The van der Waals surface area contributed by atoms with Crippen LogP contribution in [0.1, 0.15) is 12.5 Å². The Bertz CT molecular complexity index is 713. The van der Waals surface area contributed by atoms with Crippen LogP contribution >= 0.6 is 0 Å². The van der Waals surface area contributed by atoms with Gasteiger partial charge in [-0.05, 0) is 30.7 Å². The Morgan fingerprint density at radius 2 is 1.74 bits per heavy atom. The lowest BCUT2D eigenvalue weighted by Gasteiger charge is -2.22. The molecule has 0 fully saturated rings. The van der Waals surface area contributed by atoms with E-state index in [9.17, 15) is 9.59 Å². The maximum atomic E-state index is 12.3. The Hall–Kier alpha value is -2.82. The summed E-state index contributed by atoms with van der Waals surface area (Å²) >= 11 is 0. The van der Waals surface area contributed by atoms with Gasteiger partial charge in [0.15, 0.2) is 0 Å². The summed E-state index contributed by atoms with van der Waals surface area (Å²) in [5.74, 6) is 0.0567. The van der Waals surface area contributed by atoms with E-state index in [0.29, 0.717) is 11.4 Å². The van der Waals surface area contributed by atoms with E-state index >= 15 is 0 Å². The molecule has 0 saturated carbocycles. The van der Waals surface area contributed by atoms with Crippen molar-refractivity contribution >= 4 is 23.2 Å². The molecule has 5 nitrogen and oxygen atoms in total. The fraction of sp³-hybridized carbons (Fsp3) is 0.222. The summed E-state index contributed by atoms with van der Waals surface area (Å²) in [6, 6.07) is 14.6. The minimum Gasteiger partial charge on any atom is -0.495 e. The molecule has 0 bridgehead atoms. The number of methoxy groups -OCH3 is 1. The number of carbonyl (C=O) groups excluding carboxylic acids is 2. The number of anilines is 2. The number of hydrogen-bond donors (Lipinski definition) is 1. The third-order valence-electron chi connectivity index (χ3n) is 3.48. The lowest BCUT2D eigenvalue weighted by atomic mass is 10.2. The van der Waals surface area contributed by atoms with Gasteiger partial charge in [0.2, 0.25) is 11.8 Å². The fourth-order valence-corrected chi connectivity index (χ4v) is 2.27. The van der Waals surface area contributed by atoms with Crippen LogP contribution < -0.4 is 15.0 Å². The number of nitrogens with one attached hydrogen (secondary N) is 1. The molecule has 1 N–H and O–H groups in total. The Morgan fingerprint density at radius 1 is 1.09 bits per heavy atom. The van der Waals surface area contributed by atoms with E-state index in [4.69, 9.17) is 4.74 Å². The van der Waals surface area contributed by atoms with Gasteiger partial charge < -0.3 is 10.1 Å². The zero-order valence-electron chi connectivity index (χ0n) is 13.5. The first-order chi connectivity index (χ1) is 11.0. The monoisotopic (exact) mass is 312 g/mol. The van der Waals surface area contributed by atoms with E-state index in [1.807, 2.05) is 37.3 Å². The van der Waals surface area contributed by atoms with Crippen molar-refractivity contribution in [1.29, 1.82) is 0 Å². The van der Waals surface area contributed by atoms with Gasteiger partial charge in [-0.25, -0.2) is 0 Å². The van der Waals surface area contributed by atoms with Gasteiger partial charge in [-0.15, -0.1) is 0 Å². The van der Waals surface area contributed by atoms with Crippen LogP contribution in [0.3, 0.4) is 0 Å². The minimum atomic E-state index is -0.264. The summed E-state index contributed by atoms with van der Waals surface area (Å²) in [6.45, 7) is 3.26. The molecule has 0 aliphatic heterocycles. The Labute approximate surface area is 135 Å². The lowest BCUT2D eigenvalue weighted by Crippen LogP contribution is -2.37. The molecule has 0 atom stereocenters. The predicted octanol–water partition coefficient (Wildman–Crippen LogP) is 3.00. The average molecular weight is 312 g/mol. The highest BCUT2D eigenvalue weighted by atomic mass is 16.5. The summed E-state index contributed by atoms with van der Waals surface area (Å²) in [6.07, 6.45) is 0. The number of ether oxygens (including phenoxy) is 1. The van der Waals surface area contributed by atoms with Gasteiger partial charge in [-0.2, -0.15) is 0 Å². The Morgan fingerprint density at radius 3 is 2.39 bits per heavy atom. The van der Waals surface area contributed by atoms with Crippen molar-refractivity contribution < 1.29 is 14.3 Å². The molecule has 2 rings (SSSR count). The molecule has 0 aromatic heterocycles. The molecular weight excluding hydrogens is 292 g/mol. The summed E-state index contributed by atoms with van der Waals surface area (Å²) in [5, 5.41) is 2.83. The maximum Gasteiger partial charge on any atom is 0.244 e. The number of benzene rings is 2. The third-order valence-corrected chi connectivity index (χ3v) is 3.48. The second kappa shape index (κ2) is 7.45. The molecule has 0 spiro atoms. The van der Waals surface area contributed by atoms with Crippen molar-refractivity contribution in [3.63, 3.8) is 0 Å². The van der Waals surface area contributed by atoms with Crippen LogP contribution in [0.2, 0.25) is 0 Å². The summed E-state index contributed by atoms with van der Waals surface area (Å²) in [4.78, 5) is 25.7. The zero-order valence-corrected chi connectivity index (χ0v) is 13.5. The molecular formula is C18H20N2O3. The molecule has 0 radical (unpaired) electrons. The topological polar surface area (TPSA) is 58.6 Å². The van der Waals surface area contributed by atoms with E-state index in [1.165, 1.54) is 18.9 Å². The highest BCUT2D eigenvalue weighted by Gasteiger charge is 2.19. The standard InChI is InChI=1S/C18H20N2O3/c1-13-8-4-5-9-15(13)19-18(22)12-20(14(2)21)16-10-6-7-11-17(16)23-3/h4-11H,12H2,1-3H3,(H,19,22). The fourth-order valence-electron chi connectivity index (χ4n) is 2.27. The number of carbonyl (C=O) groups is 2. The van der Waals surface area contributed by atoms with E-state index in [1.54, 1.807) is 18.2 Å². The van der Waals surface area contributed by atoms with Crippen molar-refractivity contribution in [2.24, 2.45) is 0 Å². The molecule has 2 aromatic carbocycles. The molecule has 120 valence electrons. The quantitative estimate of drug-likeness (QED) is 0.923. The second-order valence-electron chi connectivity index (χ2n) is 5.14. The van der Waals surface area contributed by atoms with Crippen LogP contribution in [0.15, 0.2) is 48.5 Å². The van der Waals surface area contributed by atoms with E-state index in [2.05, 4.69) is 5.32 Å². The van der Waals surface area contributed by atoms with Crippen LogP contribution in [0, 0.1) is 6.92 Å². The molecule has 2 amide bonds. The van der Waals surface area contributed by atoms with E-state index in [-0.39, 0.29) is 18.4 Å². The molecule has 23 heavy (non-hydrogen) atoms. The van der Waals surface area contributed by atoms with Gasteiger partial charge in [0, 0.05) is 12.6 Å². The summed E-state index contributed by atoms with van der Waals surface area (Å²) in [5.41, 5.74) is 2.27. The van der Waals surface area contributed by atoms with Crippen molar-refractivity contribution in [3.05, 3.63) is 54.1 Å². The summed E-state index contributed by atoms with van der Waals surface area (Å²) in [7, 11) is 1.53. The molecule has 0 heterocycles. The largest absolute Gasteiger partial charge is 0.495 e. The van der Waals surface area contributed by atoms with Crippen LogP contribution in [0.25, 0.3) is 0 Å². The number of hydrogen-bond acceptors (Lipinski definition) is 3.